The highest BCUT2D eigenvalue weighted by Gasteiger charge is 2.61. The van der Waals surface area contributed by atoms with Gasteiger partial charge in [-0.25, -0.2) is 0 Å². The third-order valence-corrected chi connectivity index (χ3v) is 6.79. The minimum absolute atomic E-state index is 0.00692. The molecule has 4 rings (SSSR count). The standard InChI is InChI=1S/C22H33BN4O6/c1-10-5-12(26-16(23)6-10)8-17(28)27-15-7-11(2)31-21-22(15,30)33-20-14(32-21)9-13(24-3)19(29)18(20)25-4/h5-6,11,13-15,18-21,24-25,29-30H,7-9H2,1-4H3,(H,27,28)/t11-,13?,14?,15?,18?,19?,20?,21?,22?/m1/s1. The van der Waals surface area contributed by atoms with Gasteiger partial charge in [0.1, 0.15) is 14.0 Å². The molecule has 1 amide bonds. The lowest BCUT2D eigenvalue weighted by Gasteiger charge is -2.56. The predicted molar refractivity (Wildman–Crippen MR) is 120 cm³/mol. The van der Waals surface area contributed by atoms with Crippen LogP contribution in [-0.2, 0) is 25.4 Å². The predicted octanol–water partition coefficient (Wildman–Crippen LogP) is -2.24. The van der Waals surface area contributed by atoms with Crippen molar-refractivity contribution >= 4 is 19.3 Å². The van der Waals surface area contributed by atoms with E-state index in [1.165, 1.54) is 0 Å². The van der Waals surface area contributed by atoms with Gasteiger partial charge in [-0.2, -0.15) is 0 Å². The minimum atomic E-state index is -1.91. The first-order valence-corrected chi connectivity index (χ1v) is 11.4. The second-order valence-corrected chi connectivity index (χ2v) is 9.32. The zero-order chi connectivity index (χ0) is 23.9. The molecule has 2 radical (unpaired) electrons. The number of carbonyl (C=O) groups is 1. The van der Waals surface area contributed by atoms with Crippen LogP contribution in [0, 0.1) is 6.92 Å². The van der Waals surface area contributed by atoms with E-state index in [0.717, 1.165) is 5.56 Å². The fourth-order valence-corrected chi connectivity index (χ4v) is 5.21. The van der Waals surface area contributed by atoms with Crippen LogP contribution in [0.25, 0.3) is 0 Å². The van der Waals surface area contributed by atoms with E-state index < -0.39 is 42.5 Å². The van der Waals surface area contributed by atoms with E-state index in [1.807, 2.05) is 13.8 Å². The van der Waals surface area contributed by atoms with Crippen LogP contribution in [0.4, 0.5) is 0 Å². The van der Waals surface area contributed by atoms with Gasteiger partial charge in [0, 0.05) is 11.7 Å². The smallest absolute Gasteiger partial charge is 0.239 e. The summed E-state index contributed by atoms with van der Waals surface area (Å²) in [5, 5.41) is 31.4. The normalized spacial score (nSPS) is 40.5. The number of carbonyl (C=O) groups excluding carboxylic acids is 1. The van der Waals surface area contributed by atoms with Gasteiger partial charge >= 0.3 is 0 Å². The van der Waals surface area contributed by atoms with Crippen molar-refractivity contribution < 1.29 is 29.2 Å². The third kappa shape index (κ3) is 4.81. The average molecular weight is 460 g/mol. The SMILES string of the molecule is [B]c1cc(C)cc(CC(=O)NC2C[C@@H](C)OC3OC4CC(NC)C(O)C(NC)C4OC23O)n1. The number of fused-ring (bicyclic) bond motifs is 2. The Bertz CT molecular complexity index is 857. The molecule has 10 nitrogen and oxygen atoms in total. The molecule has 0 bridgehead atoms. The second-order valence-electron chi connectivity index (χ2n) is 9.32. The number of aliphatic hydroxyl groups is 2. The zero-order valence-electron chi connectivity index (χ0n) is 19.4. The van der Waals surface area contributed by atoms with Crippen LogP contribution in [0.3, 0.4) is 0 Å². The van der Waals surface area contributed by atoms with Gasteiger partial charge in [-0.1, -0.05) is 0 Å². The Labute approximate surface area is 195 Å². The lowest BCUT2D eigenvalue weighted by molar-refractivity contribution is -0.442. The third-order valence-electron chi connectivity index (χ3n) is 6.79. The molecule has 2 aliphatic heterocycles. The lowest BCUT2D eigenvalue weighted by atomic mass is 9.81. The summed E-state index contributed by atoms with van der Waals surface area (Å²) in [7, 11) is 9.30. The van der Waals surface area contributed by atoms with Crippen molar-refractivity contribution in [1.29, 1.82) is 0 Å². The van der Waals surface area contributed by atoms with E-state index in [4.69, 9.17) is 22.1 Å². The summed E-state index contributed by atoms with van der Waals surface area (Å²) in [6, 6.07) is 2.06. The molecule has 0 aromatic carbocycles. The van der Waals surface area contributed by atoms with Crippen molar-refractivity contribution in [2.45, 2.75) is 87.7 Å². The number of pyridine rings is 1. The average Bonchev–Trinajstić information content (AvgIpc) is 2.72. The fourth-order valence-electron chi connectivity index (χ4n) is 5.21. The maximum Gasteiger partial charge on any atom is 0.239 e. The zero-order valence-corrected chi connectivity index (χ0v) is 19.4. The van der Waals surface area contributed by atoms with Gasteiger partial charge in [0.25, 0.3) is 0 Å². The number of nitrogens with one attached hydrogen (secondary N) is 3. The molecular weight excluding hydrogens is 427 g/mol. The van der Waals surface area contributed by atoms with Crippen LogP contribution in [0.15, 0.2) is 12.1 Å². The topological polar surface area (TPSA) is 134 Å². The number of aromatic nitrogens is 1. The van der Waals surface area contributed by atoms with E-state index in [-0.39, 0.29) is 24.5 Å². The molecule has 9 atom stereocenters. The summed E-state index contributed by atoms with van der Waals surface area (Å²) >= 11 is 0. The van der Waals surface area contributed by atoms with E-state index in [9.17, 15) is 15.0 Å². The van der Waals surface area contributed by atoms with Gasteiger partial charge < -0.3 is 40.4 Å². The number of aliphatic hydroxyl groups excluding tert-OH is 1. The molecule has 180 valence electrons. The molecule has 1 aromatic rings. The highest BCUT2D eigenvalue weighted by Crippen LogP contribution is 2.41. The Balaban J connectivity index is 1.53. The summed E-state index contributed by atoms with van der Waals surface area (Å²) in [4.78, 5) is 17.1. The van der Waals surface area contributed by atoms with Gasteiger partial charge in [-0.05, 0) is 64.1 Å². The highest BCUT2D eigenvalue weighted by atomic mass is 16.8. The Morgan fingerprint density at radius 2 is 2.03 bits per heavy atom. The highest BCUT2D eigenvalue weighted by molar-refractivity contribution is 6.30. The molecule has 33 heavy (non-hydrogen) atoms. The van der Waals surface area contributed by atoms with Crippen molar-refractivity contribution in [2.75, 3.05) is 14.1 Å². The Morgan fingerprint density at radius 1 is 1.27 bits per heavy atom. The Morgan fingerprint density at radius 3 is 2.70 bits per heavy atom. The molecule has 8 unspecified atom stereocenters. The number of ether oxygens (including phenoxy) is 3. The van der Waals surface area contributed by atoms with Crippen LogP contribution in [0.1, 0.15) is 31.0 Å². The van der Waals surface area contributed by atoms with Crippen molar-refractivity contribution in [1.82, 2.24) is 20.9 Å². The molecule has 1 aromatic heterocycles. The molecule has 1 saturated carbocycles. The molecule has 11 heteroatoms. The number of amides is 1. The van der Waals surface area contributed by atoms with Crippen LogP contribution >= 0.6 is 0 Å². The van der Waals surface area contributed by atoms with Crippen molar-refractivity contribution in [3.63, 3.8) is 0 Å². The quantitative estimate of drug-likeness (QED) is 0.309. The maximum atomic E-state index is 12.9. The number of rotatable bonds is 5. The molecule has 1 aliphatic carbocycles. The van der Waals surface area contributed by atoms with E-state index >= 15 is 0 Å². The van der Waals surface area contributed by atoms with E-state index in [2.05, 4.69) is 20.9 Å². The summed E-state index contributed by atoms with van der Waals surface area (Å²) in [5.41, 5.74) is 1.80. The van der Waals surface area contributed by atoms with E-state index in [0.29, 0.717) is 24.1 Å². The maximum absolute atomic E-state index is 12.9. The Kier molecular flexibility index (Phi) is 7.11. The summed E-state index contributed by atoms with van der Waals surface area (Å²) in [6.07, 6.45) is -2.32. The molecule has 2 saturated heterocycles. The monoisotopic (exact) mass is 460 g/mol. The van der Waals surface area contributed by atoms with Crippen LogP contribution in [-0.4, -0.2) is 97.7 Å². The first kappa shape index (κ1) is 24.5. The number of hydrogen-bond acceptors (Lipinski definition) is 9. The summed E-state index contributed by atoms with van der Waals surface area (Å²) < 4.78 is 18.3. The summed E-state index contributed by atoms with van der Waals surface area (Å²) in [5.74, 6) is -2.24. The molecule has 5 N–H and O–H groups in total. The lowest BCUT2D eigenvalue weighted by Crippen LogP contribution is -2.76. The van der Waals surface area contributed by atoms with Crippen LogP contribution in [0.2, 0.25) is 0 Å². The van der Waals surface area contributed by atoms with Gasteiger partial charge in [0.2, 0.25) is 18.0 Å². The molecule has 3 heterocycles. The minimum Gasteiger partial charge on any atom is -0.390 e. The number of hydrogen-bond donors (Lipinski definition) is 5. The van der Waals surface area contributed by atoms with Gasteiger partial charge in [0.15, 0.2) is 0 Å². The Hall–Kier alpha value is -1.60. The molecule has 3 aliphatic rings. The van der Waals surface area contributed by atoms with Crippen molar-refractivity contribution in [3.8, 4) is 0 Å². The molecule has 3 fully saturated rings. The number of nitrogens with zero attached hydrogens (tertiary/aromatic N) is 1. The van der Waals surface area contributed by atoms with Crippen LogP contribution < -0.4 is 21.5 Å². The fraction of sp³-hybridized carbons (Fsp3) is 0.727. The van der Waals surface area contributed by atoms with E-state index in [1.54, 1.807) is 26.2 Å². The van der Waals surface area contributed by atoms with Gasteiger partial charge in [0.05, 0.1) is 36.8 Å². The van der Waals surface area contributed by atoms with Crippen LogP contribution in [0.5, 0.6) is 0 Å². The first-order chi connectivity index (χ1) is 15.6. The number of likely N-dealkylation sites (N-methyl/N-ethyl adjacent to an activating group) is 2. The molecule has 0 spiro atoms. The molecular formula is C22H33BN4O6. The number of aryl methyl sites for hydroxylation is 1. The first-order valence-electron chi connectivity index (χ1n) is 11.4. The van der Waals surface area contributed by atoms with Gasteiger partial charge in [-0.3, -0.25) is 9.78 Å². The van der Waals surface area contributed by atoms with Crippen molar-refractivity contribution in [3.05, 3.63) is 23.4 Å². The largest absolute Gasteiger partial charge is 0.390 e. The second kappa shape index (κ2) is 9.57. The van der Waals surface area contributed by atoms with Crippen molar-refractivity contribution in [2.24, 2.45) is 0 Å². The summed E-state index contributed by atoms with van der Waals surface area (Å²) in [6.45, 7) is 3.74. The van der Waals surface area contributed by atoms with Gasteiger partial charge in [-0.15, -0.1) is 0 Å².